The van der Waals surface area contributed by atoms with Gasteiger partial charge in [-0.2, -0.15) is 0 Å². The Morgan fingerprint density at radius 1 is 1.16 bits per heavy atom. The van der Waals surface area contributed by atoms with Gasteiger partial charge < -0.3 is 15.4 Å². The Balaban J connectivity index is 0.000000319. The molecule has 0 saturated heterocycles. The fourth-order valence-corrected chi connectivity index (χ4v) is 4.85. The molecule has 1 fully saturated rings. The van der Waals surface area contributed by atoms with Crippen molar-refractivity contribution in [3.8, 4) is 0 Å². The van der Waals surface area contributed by atoms with Crippen LogP contribution in [0, 0.1) is 11.2 Å². The summed E-state index contributed by atoms with van der Waals surface area (Å²) in [5.41, 5.74) is 4.07. The summed E-state index contributed by atoms with van der Waals surface area (Å²) in [6, 6.07) is 9.28. The Bertz CT molecular complexity index is 1150. The monoisotopic (exact) mass is 505 g/mol. The largest absolute Gasteiger partial charge is 0.396 e. The van der Waals surface area contributed by atoms with Gasteiger partial charge in [-0.25, -0.2) is 9.38 Å². The average molecular weight is 506 g/mol. The van der Waals surface area contributed by atoms with E-state index in [1.807, 2.05) is 43.5 Å². The molecule has 0 bridgehead atoms. The van der Waals surface area contributed by atoms with Gasteiger partial charge in [-0.15, -0.1) is 0 Å². The quantitative estimate of drug-likeness (QED) is 0.213. The molecule has 37 heavy (non-hydrogen) atoms. The van der Waals surface area contributed by atoms with Gasteiger partial charge in [-0.3, -0.25) is 9.97 Å². The van der Waals surface area contributed by atoms with Crippen molar-refractivity contribution < 1.29 is 9.50 Å². The number of anilines is 1. The molecule has 3 aromatic heterocycles. The van der Waals surface area contributed by atoms with Crippen molar-refractivity contribution in [3.05, 3.63) is 84.0 Å². The van der Waals surface area contributed by atoms with Gasteiger partial charge >= 0.3 is 0 Å². The van der Waals surface area contributed by atoms with E-state index in [-0.39, 0.29) is 0 Å². The summed E-state index contributed by atoms with van der Waals surface area (Å²) in [6.45, 7) is 6.73. The van der Waals surface area contributed by atoms with Crippen LogP contribution in [-0.4, -0.2) is 32.5 Å². The minimum Gasteiger partial charge on any atom is -0.396 e. The molecule has 198 valence electrons. The van der Waals surface area contributed by atoms with Crippen LogP contribution in [0.15, 0.2) is 66.2 Å². The number of hydrogen-bond acceptors (Lipinski definition) is 4. The Labute approximate surface area is 220 Å². The maximum Gasteiger partial charge on any atom is 0.164 e. The van der Waals surface area contributed by atoms with Crippen LogP contribution >= 0.6 is 0 Å². The van der Waals surface area contributed by atoms with Crippen LogP contribution in [0.1, 0.15) is 82.7 Å². The van der Waals surface area contributed by atoms with Crippen molar-refractivity contribution in [1.29, 1.82) is 0 Å². The smallest absolute Gasteiger partial charge is 0.164 e. The van der Waals surface area contributed by atoms with E-state index in [0.717, 1.165) is 35.5 Å². The van der Waals surface area contributed by atoms with Crippen LogP contribution in [-0.2, 0) is 6.42 Å². The van der Waals surface area contributed by atoms with Gasteiger partial charge in [0.15, 0.2) is 11.7 Å². The van der Waals surface area contributed by atoms with Gasteiger partial charge in [0.25, 0.3) is 0 Å². The van der Waals surface area contributed by atoms with E-state index in [9.17, 15) is 4.39 Å². The first-order valence-corrected chi connectivity index (χ1v) is 13.4. The van der Waals surface area contributed by atoms with Crippen molar-refractivity contribution in [2.24, 2.45) is 10.4 Å². The summed E-state index contributed by atoms with van der Waals surface area (Å²) < 4.78 is 14.2. The van der Waals surface area contributed by atoms with E-state index in [0.29, 0.717) is 23.5 Å². The van der Waals surface area contributed by atoms with Crippen LogP contribution in [0.2, 0.25) is 0 Å². The molecule has 7 heteroatoms. The number of aryl methyl sites for hydroxylation is 1. The number of aromatic nitrogens is 3. The second-order valence-electron chi connectivity index (χ2n) is 9.50. The number of allylic oxidation sites excluding steroid dienone is 1. The number of rotatable bonds is 9. The first-order valence-electron chi connectivity index (χ1n) is 13.4. The van der Waals surface area contributed by atoms with Crippen LogP contribution in [0.3, 0.4) is 0 Å². The fourth-order valence-electron chi connectivity index (χ4n) is 4.85. The molecule has 4 rings (SSSR count). The maximum absolute atomic E-state index is 14.2. The predicted molar refractivity (Wildman–Crippen MR) is 150 cm³/mol. The lowest BCUT2D eigenvalue weighted by Gasteiger charge is -2.25. The molecule has 1 aliphatic rings. The second kappa shape index (κ2) is 14.4. The summed E-state index contributed by atoms with van der Waals surface area (Å²) in [6.07, 6.45) is 17.6. The number of aliphatic imine (C=N–C) groups is 1. The average Bonchev–Trinajstić information content (AvgIpc) is 3.60. The molecule has 0 atom stereocenters. The summed E-state index contributed by atoms with van der Waals surface area (Å²) in [7, 11) is 0. The maximum atomic E-state index is 14.2. The van der Waals surface area contributed by atoms with Crippen molar-refractivity contribution in [1.82, 2.24) is 15.0 Å². The van der Waals surface area contributed by atoms with Gasteiger partial charge in [-0.1, -0.05) is 52.2 Å². The lowest BCUT2D eigenvalue weighted by molar-refractivity contribution is 0.120. The highest BCUT2D eigenvalue weighted by atomic mass is 19.1. The summed E-state index contributed by atoms with van der Waals surface area (Å²) in [4.78, 5) is 16.2. The number of nitrogens with one attached hydrogen (secondary N) is 2. The van der Waals surface area contributed by atoms with E-state index >= 15 is 0 Å². The van der Waals surface area contributed by atoms with Crippen LogP contribution < -0.4 is 5.32 Å². The van der Waals surface area contributed by atoms with Crippen LogP contribution in [0.4, 0.5) is 10.1 Å². The van der Waals surface area contributed by atoms with Gasteiger partial charge in [-0.05, 0) is 67.3 Å². The predicted octanol–water partition coefficient (Wildman–Crippen LogP) is 7.16. The number of pyridine rings is 2. The van der Waals surface area contributed by atoms with E-state index in [4.69, 9.17) is 10.1 Å². The van der Waals surface area contributed by atoms with E-state index in [1.165, 1.54) is 44.7 Å². The Morgan fingerprint density at radius 3 is 2.59 bits per heavy atom. The lowest BCUT2D eigenvalue weighted by atomic mass is 9.83. The minimum atomic E-state index is -0.436. The number of H-pyrrole nitrogens is 1. The molecule has 0 unspecified atom stereocenters. The number of aliphatic hydroxyl groups excluding tert-OH is 1. The molecule has 3 N–H and O–H groups in total. The third-order valence-electron chi connectivity index (χ3n) is 6.81. The minimum absolute atomic E-state index is 0.317. The first kappa shape index (κ1) is 28.3. The third kappa shape index (κ3) is 7.83. The highest BCUT2D eigenvalue weighted by Crippen LogP contribution is 2.41. The third-order valence-corrected chi connectivity index (χ3v) is 6.81. The second-order valence-corrected chi connectivity index (χ2v) is 9.50. The first-order chi connectivity index (χ1) is 18.1. The Hall–Kier alpha value is -3.32. The summed E-state index contributed by atoms with van der Waals surface area (Å²) >= 11 is 0. The molecule has 0 amide bonds. The van der Waals surface area contributed by atoms with Crippen LogP contribution in [0.25, 0.3) is 5.70 Å². The molecule has 0 aliphatic heterocycles. The zero-order valence-corrected chi connectivity index (χ0v) is 22.3. The van der Waals surface area contributed by atoms with E-state index in [2.05, 4.69) is 34.1 Å². The van der Waals surface area contributed by atoms with E-state index in [1.54, 1.807) is 18.5 Å². The molecule has 3 aromatic rings. The molecular formula is C30H40FN5O. The van der Waals surface area contributed by atoms with Crippen LogP contribution in [0.5, 0.6) is 0 Å². The molecular weight excluding hydrogens is 465 g/mol. The van der Waals surface area contributed by atoms with Gasteiger partial charge in [0, 0.05) is 25.2 Å². The highest BCUT2D eigenvalue weighted by Gasteiger charge is 2.31. The van der Waals surface area contributed by atoms with Crippen molar-refractivity contribution in [2.75, 3.05) is 11.9 Å². The Morgan fingerprint density at radius 2 is 1.97 bits per heavy atom. The summed E-state index contributed by atoms with van der Waals surface area (Å²) in [5, 5.41) is 12.3. The van der Waals surface area contributed by atoms with Crippen molar-refractivity contribution in [3.63, 3.8) is 0 Å². The topological polar surface area (TPSA) is 86.2 Å². The number of halogens is 1. The van der Waals surface area contributed by atoms with Crippen molar-refractivity contribution >= 4 is 17.2 Å². The molecule has 0 spiro atoms. The van der Waals surface area contributed by atoms with E-state index < -0.39 is 5.82 Å². The molecule has 0 radical (unpaired) electrons. The number of aliphatic hydroxyl groups is 1. The molecule has 6 nitrogen and oxygen atoms in total. The zero-order valence-electron chi connectivity index (χ0n) is 22.3. The number of aromatic amines is 1. The van der Waals surface area contributed by atoms with Gasteiger partial charge in [0.2, 0.25) is 0 Å². The zero-order chi connectivity index (χ0) is 26.5. The van der Waals surface area contributed by atoms with Crippen molar-refractivity contribution in [2.45, 2.75) is 72.1 Å². The fraction of sp³-hybridized carbons (Fsp3) is 0.433. The SMILES string of the molecule is CC/C=C(/N=C(Nc1ccncc1F)c1[nH]ccc1CC)c1ccccn1.CCCC1(CO)CCCC1. The molecule has 3 heterocycles. The highest BCUT2D eigenvalue weighted by molar-refractivity contribution is 6.10. The van der Waals surface area contributed by atoms with Gasteiger partial charge in [0.1, 0.15) is 0 Å². The Kier molecular flexibility index (Phi) is 11.0. The molecule has 1 saturated carbocycles. The number of nitrogens with zero attached hydrogens (tertiary/aromatic N) is 3. The number of hydrogen-bond donors (Lipinski definition) is 3. The standard InChI is InChI=1S/C21H22FN5.C9H18O/c1-3-7-19(18-8-5-6-11-24-18)27-21(20-15(4-2)9-13-25-20)26-17-10-12-23-14-16(17)22;1-2-5-9(8-10)6-3-4-7-9/h5-14,25H,3-4H2,1-2H3,(H,23,26,27);10H,2-8H2,1H3/b19-7+;. The number of amidine groups is 1. The molecule has 0 aromatic carbocycles. The summed E-state index contributed by atoms with van der Waals surface area (Å²) in [5.74, 6) is 0.0981. The van der Waals surface area contributed by atoms with Gasteiger partial charge in [0.05, 0.1) is 29.0 Å². The molecule has 1 aliphatic carbocycles. The normalized spacial score (nSPS) is 15.3. The lowest BCUT2D eigenvalue weighted by Crippen LogP contribution is -2.20.